The lowest BCUT2D eigenvalue weighted by molar-refractivity contribution is -0.129. The molecule has 0 amide bonds. The molecule has 0 aromatic heterocycles. The van der Waals surface area contributed by atoms with Gasteiger partial charge in [0.15, 0.2) is 0 Å². The summed E-state index contributed by atoms with van der Waals surface area (Å²) in [5.74, 6) is -0.328. The summed E-state index contributed by atoms with van der Waals surface area (Å²) in [5, 5.41) is 14.1. The van der Waals surface area contributed by atoms with Crippen LogP contribution in [0.3, 0.4) is 0 Å². The van der Waals surface area contributed by atoms with E-state index < -0.39 is 5.97 Å². The van der Waals surface area contributed by atoms with Crippen LogP contribution < -0.4 is 10.2 Å². The maximum Gasteiger partial charge on any atom is 0.352 e. The van der Waals surface area contributed by atoms with Crippen LogP contribution in [0.25, 0.3) is 0 Å². The molecule has 0 radical (unpaired) electrons. The van der Waals surface area contributed by atoms with Gasteiger partial charge in [0.25, 0.3) is 0 Å². The number of hydrazone groups is 1. The van der Waals surface area contributed by atoms with E-state index in [1.54, 1.807) is 25.3 Å². The molecule has 0 saturated heterocycles. The molecule has 0 heterocycles. The molecule has 0 aliphatic rings. The highest BCUT2D eigenvalue weighted by molar-refractivity contribution is 6.37. The molecule has 24 heavy (non-hydrogen) atoms. The number of benzene rings is 2. The summed E-state index contributed by atoms with van der Waals surface area (Å²) in [6.07, 6.45) is 0.824. The molecule has 2 rings (SSSR count). The largest absolute Gasteiger partial charge is 0.497 e. The van der Waals surface area contributed by atoms with Crippen molar-refractivity contribution in [2.24, 2.45) is 5.10 Å². The van der Waals surface area contributed by atoms with E-state index >= 15 is 0 Å². The molecule has 2 N–H and O–H groups in total. The lowest BCUT2D eigenvalue weighted by atomic mass is 10.1. The van der Waals surface area contributed by atoms with Gasteiger partial charge in [-0.15, -0.1) is 0 Å². The van der Waals surface area contributed by atoms with Crippen LogP contribution in [-0.4, -0.2) is 23.9 Å². The molecule has 0 saturated carbocycles. The molecule has 0 atom stereocenters. The second kappa shape index (κ2) is 8.57. The summed E-state index contributed by atoms with van der Waals surface area (Å²) in [4.78, 5) is 11.3. The number of rotatable bonds is 7. The summed E-state index contributed by atoms with van der Waals surface area (Å²) >= 11 is 11.8. The Hall–Kier alpha value is -2.24. The lowest BCUT2D eigenvalue weighted by Gasteiger charge is -2.07. The predicted molar refractivity (Wildman–Crippen MR) is 96.5 cm³/mol. The van der Waals surface area contributed by atoms with Crippen molar-refractivity contribution in [3.8, 4) is 5.75 Å². The van der Waals surface area contributed by atoms with Gasteiger partial charge in [0, 0.05) is 11.4 Å². The topological polar surface area (TPSA) is 70.9 Å². The fraction of sp³-hybridized carbons (Fsp3) is 0.176. The van der Waals surface area contributed by atoms with Crippen molar-refractivity contribution in [2.75, 3.05) is 12.5 Å². The third kappa shape index (κ3) is 5.15. The van der Waals surface area contributed by atoms with E-state index in [1.165, 1.54) is 0 Å². The number of aliphatic carboxylic acids is 1. The average molecular weight is 367 g/mol. The first-order valence-electron chi connectivity index (χ1n) is 7.13. The molecule has 0 bridgehead atoms. The van der Waals surface area contributed by atoms with Crippen LogP contribution in [0.1, 0.15) is 12.0 Å². The third-order valence-electron chi connectivity index (χ3n) is 3.30. The number of ether oxygens (including phenoxy) is 1. The number of hydrogen-bond donors (Lipinski definition) is 2. The Morgan fingerprint density at radius 1 is 1.21 bits per heavy atom. The summed E-state index contributed by atoms with van der Waals surface area (Å²) in [7, 11) is 1.60. The minimum absolute atomic E-state index is 0.0110. The molecule has 0 fully saturated rings. The molecule has 7 heteroatoms. The Kier molecular flexibility index (Phi) is 6.46. The predicted octanol–water partition coefficient (Wildman–Crippen LogP) is 4.49. The van der Waals surface area contributed by atoms with Crippen LogP contribution in [0.2, 0.25) is 10.0 Å². The minimum Gasteiger partial charge on any atom is -0.497 e. The normalized spacial score (nSPS) is 11.2. The van der Waals surface area contributed by atoms with Gasteiger partial charge in [0.05, 0.1) is 17.8 Å². The van der Waals surface area contributed by atoms with Gasteiger partial charge >= 0.3 is 5.97 Å². The van der Waals surface area contributed by atoms with E-state index in [0.29, 0.717) is 22.2 Å². The van der Waals surface area contributed by atoms with Crippen molar-refractivity contribution >= 4 is 40.6 Å². The molecule has 0 aliphatic carbocycles. The van der Waals surface area contributed by atoms with Crippen molar-refractivity contribution in [3.63, 3.8) is 0 Å². The molecular weight excluding hydrogens is 351 g/mol. The monoisotopic (exact) mass is 366 g/mol. The number of aryl methyl sites for hydroxylation is 1. The summed E-state index contributed by atoms with van der Waals surface area (Å²) in [5.41, 5.74) is 4.17. The zero-order valence-electron chi connectivity index (χ0n) is 12.9. The molecule has 0 spiro atoms. The van der Waals surface area contributed by atoms with Crippen LogP contribution >= 0.6 is 23.2 Å². The van der Waals surface area contributed by atoms with Crippen LogP contribution in [-0.2, 0) is 11.2 Å². The number of nitrogens with one attached hydrogen (secondary N) is 1. The molecule has 5 nitrogen and oxygen atoms in total. The van der Waals surface area contributed by atoms with Crippen LogP contribution in [0, 0.1) is 0 Å². The van der Waals surface area contributed by atoms with Gasteiger partial charge in [0.2, 0.25) is 0 Å². The number of carboxylic acids is 1. The Labute approximate surface area is 149 Å². The minimum atomic E-state index is -1.08. The number of halogens is 2. The summed E-state index contributed by atoms with van der Waals surface area (Å²) in [6, 6.07) is 12.3. The van der Waals surface area contributed by atoms with Gasteiger partial charge < -0.3 is 9.84 Å². The number of methoxy groups -OCH3 is 1. The lowest BCUT2D eigenvalue weighted by Crippen LogP contribution is -2.16. The van der Waals surface area contributed by atoms with Gasteiger partial charge in [-0.05, 0) is 42.3 Å². The zero-order valence-corrected chi connectivity index (χ0v) is 14.4. The number of nitrogens with zero attached hydrogens (tertiary/aromatic N) is 1. The van der Waals surface area contributed by atoms with Gasteiger partial charge in [-0.2, -0.15) is 5.10 Å². The second-order valence-electron chi connectivity index (χ2n) is 4.95. The van der Waals surface area contributed by atoms with E-state index in [0.717, 1.165) is 11.3 Å². The average Bonchev–Trinajstić information content (AvgIpc) is 2.56. The third-order valence-corrected chi connectivity index (χ3v) is 3.85. The van der Waals surface area contributed by atoms with Gasteiger partial charge in [-0.1, -0.05) is 35.3 Å². The quantitative estimate of drug-likeness (QED) is 0.559. The molecule has 126 valence electrons. The summed E-state index contributed by atoms with van der Waals surface area (Å²) in [6.45, 7) is 0. The Morgan fingerprint density at radius 2 is 1.92 bits per heavy atom. The van der Waals surface area contributed by atoms with Crippen molar-refractivity contribution in [1.82, 2.24) is 0 Å². The van der Waals surface area contributed by atoms with Gasteiger partial charge in [0.1, 0.15) is 11.5 Å². The van der Waals surface area contributed by atoms with Crippen molar-refractivity contribution in [3.05, 3.63) is 58.1 Å². The van der Waals surface area contributed by atoms with Crippen molar-refractivity contribution in [2.45, 2.75) is 12.8 Å². The molecule has 0 unspecified atom stereocenters. The van der Waals surface area contributed by atoms with Crippen molar-refractivity contribution < 1.29 is 14.6 Å². The molecule has 0 aliphatic heterocycles. The first-order valence-corrected chi connectivity index (χ1v) is 7.89. The molecular formula is C17H16Cl2N2O3. The first-order chi connectivity index (χ1) is 11.5. The maximum absolute atomic E-state index is 11.3. The highest BCUT2D eigenvalue weighted by Gasteiger charge is 2.10. The Balaban J connectivity index is 2.03. The highest BCUT2D eigenvalue weighted by atomic mass is 35.5. The fourth-order valence-electron chi connectivity index (χ4n) is 1.97. The SMILES string of the molecule is COc1ccc(CC/C(=N\Nc2ccc(Cl)cc2Cl)C(=O)O)cc1. The highest BCUT2D eigenvalue weighted by Crippen LogP contribution is 2.25. The fourth-order valence-corrected chi connectivity index (χ4v) is 2.42. The second-order valence-corrected chi connectivity index (χ2v) is 5.79. The molecule has 2 aromatic rings. The number of carbonyl (C=O) groups is 1. The number of hydrogen-bond acceptors (Lipinski definition) is 4. The summed E-state index contributed by atoms with van der Waals surface area (Å²) < 4.78 is 5.09. The van der Waals surface area contributed by atoms with Gasteiger partial charge in [-0.3, -0.25) is 5.43 Å². The van der Waals surface area contributed by atoms with E-state index in [1.807, 2.05) is 24.3 Å². The molecule has 2 aromatic carbocycles. The first kappa shape index (κ1) is 18.1. The van der Waals surface area contributed by atoms with E-state index in [4.69, 9.17) is 27.9 Å². The standard InChI is InChI=1S/C17H16Cl2N2O3/c1-24-13-6-2-11(3-7-13)4-8-16(17(22)23)21-20-15-9-5-12(18)10-14(15)19/h2-3,5-7,9-10,20H,4,8H2,1H3,(H,22,23)/b21-16+. The van der Waals surface area contributed by atoms with E-state index in [2.05, 4.69) is 10.5 Å². The Bertz CT molecular complexity index is 746. The van der Waals surface area contributed by atoms with Crippen LogP contribution in [0.4, 0.5) is 5.69 Å². The van der Waals surface area contributed by atoms with Gasteiger partial charge in [-0.25, -0.2) is 4.79 Å². The van der Waals surface area contributed by atoms with Crippen LogP contribution in [0.15, 0.2) is 47.6 Å². The maximum atomic E-state index is 11.3. The Morgan fingerprint density at radius 3 is 2.50 bits per heavy atom. The number of anilines is 1. The van der Waals surface area contributed by atoms with E-state index in [-0.39, 0.29) is 12.1 Å². The van der Waals surface area contributed by atoms with Crippen LogP contribution in [0.5, 0.6) is 5.75 Å². The number of carboxylic acid groups (broad SMARTS) is 1. The zero-order chi connectivity index (χ0) is 17.5. The van der Waals surface area contributed by atoms with E-state index in [9.17, 15) is 9.90 Å². The van der Waals surface area contributed by atoms with Crippen molar-refractivity contribution in [1.29, 1.82) is 0 Å². The smallest absolute Gasteiger partial charge is 0.352 e.